The number of benzene rings is 1. The van der Waals surface area contributed by atoms with Gasteiger partial charge in [-0.05, 0) is 19.1 Å². The first-order chi connectivity index (χ1) is 10.6. The van der Waals surface area contributed by atoms with E-state index in [2.05, 4.69) is 9.84 Å². The van der Waals surface area contributed by atoms with Crippen LogP contribution in [0.4, 0.5) is 0 Å². The Hall–Kier alpha value is -3.03. The molecule has 0 aliphatic carbocycles. The van der Waals surface area contributed by atoms with Crippen LogP contribution in [-0.4, -0.2) is 36.6 Å². The molecule has 0 spiro atoms. The Labute approximate surface area is 125 Å². The number of aliphatic hydroxyl groups excluding tert-OH is 1. The summed E-state index contributed by atoms with van der Waals surface area (Å²) in [5.41, 5.74) is 2.50. The number of ether oxygens (including phenoxy) is 2. The van der Waals surface area contributed by atoms with Gasteiger partial charge in [0, 0.05) is 6.07 Å². The van der Waals surface area contributed by atoms with Gasteiger partial charge >= 0.3 is 17.8 Å². The molecule has 3 N–H and O–H groups in total. The molecular formula is C14H15N2O6+. The second-order valence-corrected chi connectivity index (χ2v) is 4.13. The summed E-state index contributed by atoms with van der Waals surface area (Å²) in [5, 5.41) is 12.7. The van der Waals surface area contributed by atoms with Crippen LogP contribution in [-0.2, 0) is 14.3 Å². The lowest BCUT2D eigenvalue weighted by molar-refractivity contribution is -0.518. The van der Waals surface area contributed by atoms with Crippen molar-refractivity contribution in [1.29, 1.82) is 0 Å². The summed E-state index contributed by atoms with van der Waals surface area (Å²) in [7, 11) is 1.52. The molecule has 0 radical (unpaired) electrons. The first kappa shape index (κ1) is 15.4. The molecule has 0 aliphatic heterocycles. The van der Waals surface area contributed by atoms with Crippen molar-refractivity contribution >= 4 is 28.7 Å². The lowest BCUT2D eigenvalue weighted by Crippen LogP contribution is -2.85. The molecule has 2 rings (SSSR count). The third kappa shape index (κ3) is 3.17. The summed E-state index contributed by atoms with van der Waals surface area (Å²) in [6.45, 7) is 1.65. The Morgan fingerprint density at radius 1 is 1.41 bits per heavy atom. The molecule has 0 atom stereocenters. The largest absolute Gasteiger partial charge is 0.496 e. The van der Waals surface area contributed by atoms with E-state index in [1.54, 1.807) is 25.1 Å². The van der Waals surface area contributed by atoms with Gasteiger partial charge in [0.15, 0.2) is 0 Å². The van der Waals surface area contributed by atoms with Gasteiger partial charge in [0.05, 0.1) is 19.1 Å². The van der Waals surface area contributed by atoms with Crippen LogP contribution in [0.25, 0.3) is 11.0 Å². The van der Waals surface area contributed by atoms with Gasteiger partial charge in [0.1, 0.15) is 11.3 Å². The van der Waals surface area contributed by atoms with Crippen molar-refractivity contribution < 1.29 is 33.7 Å². The number of rotatable bonds is 4. The zero-order valence-corrected chi connectivity index (χ0v) is 12.0. The van der Waals surface area contributed by atoms with Crippen molar-refractivity contribution in [2.24, 2.45) is 0 Å². The fourth-order valence-corrected chi connectivity index (χ4v) is 1.75. The quantitative estimate of drug-likeness (QED) is 0.229. The summed E-state index contributed by atoms with van der Waals surface area (Å²) in [6.07, 6.45) is 0. The number of esters is 1. The zero-order chi connectivity index (χ0) is 16.1. The van der Waals surface area contributed by atoms with Crippen LogP contribution in [0.3, 0.4) is 0 Å². The fraction of sp³-hybridized carbons (Fsp3) is 0.214. The first-order valence-corrected chi connectivity index (χ1v) is 6.42. The van der Waals surface area contributed by atoms with Crippen LogP contribution in [0.5, 0.6) is 5.75 Å². The number of fused-ring (bicyclic) bond motifs is 1. The van der Waals surface area contributed by atoms with Crippen molar-refractivity contribution in [2.75, 3.05) is 13.7 Å². The van der Waals surface area contributed by atoms with Gasteiger partial charge in [-0.1, -0.05) is 11.2 Å². The predicted molar refractivity (Wildman–Crippen MR) is 75.2 cm³/mol. The van der Waals surface area contributed by atoms with Crippen molar-refractivity contribution in [3.63, 3.8) is 0 Å². The van der Waals surface area contributed by atoms with Gasteiger partial charge < -0.3 is 19.0 Å². The maximum absolute atomic E-state index is 11.3. The predicted octanol–water partition coefficient (Wildman–Crippen LogP) is -0.579. The number of carbonyl (C=O) groups excluding carboxylic acids is 2. The number of hydrogen-bond donors (Lipinski definition) is 3. The van der Waals surface area contributed by atoms with Crippen LogP contribution in [0.1, 0.15) is 12.7 Å². The van der Waals surface area contributed by atoms with E-state index >= 15 is 0 Å². The molecule has 0 bridgehead atoms. The zero-order valence-electron chi connectivity index (χ0n) is 12.0. The number of hydrazone groups is 1. The number of carbonyl (C=O) groups is 2. The third-order valence-corrected chi connectivity index (χ3v) is 2.73. The highest BCUT2D eigenvalue weighted by molar-refractivity contribution is 6.32. The van der Waals surface area contributed by atoms with Crippen molar-refractivity contribution in [1.82, 2.24) is 5.43 Å². The second kappa shape index (κ2) is 6.61. The molecular weight excluding hydrogens is 292 g/mol. The normalized spacial score (nSPS) is 11.3. The molecule has 1 amide bonds. The summed E-state index contributed by atoms with van der Waals surface area (Å²) >= 11 is 0. The Morgan fingerprint density at radius 3 is 2.86 bits per heavy atom. The fourth-order valence-electron chi connectivity index (χ4n) is 1.75. The van der Waals surface area contributed by atoms with Gasteiger partial charge in [0.25, 0.3) is 0 Å². The van der Waals surface area contributed by atoms with Gasteiger partial charge in [-0.15, -0.1) is 5.43 Å². The number of hydrogen-bond acceptors (Lipinski definition) is 5. The van der Waals surface area contributed by atoms with Crippen LogP contribution in [0, 0.1) is 0 Å². The van der Waals surface area contributed by atoms with Crippen molar-refractivity contribution in [3.8, 4) is 5.75 Å². The maximum atomic E-state index is 11.3. The molecule has 2 aromatic rings. The number of amides is 1. The summed E-state index contributed by atoms with van der Waals surface area (Å²) in [5.74, 6) is -1.91. The Balaban J connectivity index is 2.19. The number of furan rings is 1. The van der Waals surface area contributed by atoms with Gasteiger partial charge in [-0.25, -0.2) is 4.79 Å². The first-order valence-electron chi connectivity index (χ1n) is 6.42. The monoisotopic (exact) mass is 307 g/mol. The summed E-state index contributed by atoms with van der Waals surface area (Å²) in [6, 6.07) is 6.72. The summed E-state index contributed by atoms with van der Waals surface area (Å²) in [4.78, 5) is 22.4. The minimum atomic E-state index is -1.06. The van der Waals surface area contributed by atoms with E-state index in [0.717, 1.165) is 0 Å². The van der Waals surface area contributed by atoms with Crippen LogP contribution in [0.2, 0.25) is 0 Å². The number of nitrogens with one attached hydrogen (secondary N) is 2. The minimum Gasteiger partial charge on any atom is -0.496 e. The highest BCUT2D eigenvalue weighted by Gasteiger charge is 2.20. The highest BCUT2D eigenvalue weighted by Crippen LogP contribution is 2.27. The van der Waals surface area contributed by atoms with Gasteiger partial charge in [-0.2, -0.15) is 0 Å². The highest BCUT2D eigenvalue weighted by atomic mass is 16.5. The van der Waals surface area contributed by atoms with Crippen LogP contribution in [0.15, 0.2) is 28.7 Å². The van der Waals surface area contributed by atoms with Crippen LogP contribution < -0.4 is 15.3 Å². The number of methoxy groups -OCH3 is 1. The lowest BCUT2D eigenvalue weighted by Gasteiger charge is -1.98. The molecule has 1 heterocycles. The van der Waals surface area contributed by atoms with E-state index < -0.39 is 17.8 Å². The van der Waals surface area contributed by atoms with Gasteiger partial charge in [0.2, 0.25) is 5.76 Å². The molecule has 1 aromatic heterocycles. The average molecular weight is 307 g/mol. The number of hydrazine groups is 1. The standard InChI is InChI=1S/C14H14N2O6/c1-3-21-14(19)13(18)16-15-12(17)11-7-8-9(20-2)5-4-6-10(8)22-11/h4-7H,3H2,1-2H3,(H,15,17)(H,16,18)/p+1. The van der Waals surface area contributed by atoms with E-state index in [0.29, 0.717) is 16.7 Å². The SMILES string of the molecule is CCOC(=O)C(=O)N[NH+]=C(O)c1cc2c(OC)cccc2o1. The Bertz CT molecular complexity index is 734. The Morgan fingerprint density at radius 2 is 2.18 bits per heavy atom. The van der Waals surface area contributed by atoms with Crippen molar-refractivity contribution in [3.05, 3.63) is 30.0 Å². The summed E-state index contributed by atoms with van der Waals surface area (Å²) < 4.78 is 15.1. The Kier molecular flexibility index (Phi) is 4.62. The third-order valence-electron chi connectivity index (χ3n) is 2.73. The van der Waals surface area contributed by atoms with E-state index in [-0.39, 0.29) is 12.4 Å². The van der Waals surface area contributed by atoms with E-state index in [1.165, 1.54) is 13.2 Å². The van der Waals surface area contributed by atoms with E-state index in [9.17, 15) is 14.7 Å². The average Bonchev–Trinajstić information content (AvgIpc) is 2.96. The second-order valence-electron chi connectivity index (χ2n) is 4.13. The molecule has 116 valence electrons. The van der Waals surface area contributed by atoms with Gasteiger partial charge in [-0.3, -0.25) is 4.79 Å². The molecule has 8 heteroatoms. The molecule has 8 nitrogen and oxygen atoms in total. The molecule has 22 heavy (non-hydrogen) atoms. The molecule has 1 aromatic carbocycles. The minimum absolute atomic E-state index is 0.0728. The lowest BCUT2D eigenvalue weighted by atomic mass is 10.2. The van der Waals surface area contributed by atoms with Crippen LogP contribution >= 0.6 is 0 Å². The topological polar surface area (TPSA) is 112 Å². The van der Waals surface area contributed by atoms with E-state index in [1.807, 2.05) is 5.43 Å². The molecule has 0 aliphatic rings. The van der Waals surface area contributed by atoms with E-state index in [4.69, 9.17) is 9.15 Å². The van der Waals surface area contributed by atoms with Crippen molar-refractivity contribution in [2.45, 2.75) is 6.92 Å². The smallest absolute Gasteiger partial charge is 0.431 e. The molecule has 0 saturated carbocycles. The number of aliphatic hydroxyl groups is 1. The molecule has 0 fully saturated rings. The molecule has 0 saturated heterocycles. The maximum Gasteiger partial charge on any atom is 0.431 e. The molecule has 0 unspecified atom stereocenters.